The average molecular weight is 410 g/mol. The number of carbonyl (C=O) groups is 1. The molecule has 1 N–H and O–H groups in total. The second-order valence-electron chi connectivity index (χ2n) is 7.74. The summed E-state index contributed by atoms with van der Waals surface area (Å²) >= 11 is 1.73. The lowest BCUT2D eigenvalue weighted by Crippen LogP contribution is -2.46. The maximum absolute atomic E-state index is 12.1. The van der Waals surface area contributed by atoms with Crippen molar-refractivity contribution < 1.29 is 9.53 Å². The van der Waals surface area contributed by atoms with Gasteiger partial charge in [0.1, 0.15) is 6.33 Å². The Morgan fingerprint density at radius 2 is 1.93 bits per heavy atom. The van der Waals surface area contributed by atoms with Crippen molar-refractivity contribution in [1.29, 1.82) is 0 Å². The summed E-state index contributed by atoms with van der Waals surface area (Å²) < 4.78 is 6.26. The number of ether oxygens (including phenoxy) is 1. The van der Waals surface area contributed by atoms with E-state index in [0.29, 0.717) is 17.4 Å². The van der Waals surface area contributed by atoms with Crippen LogP contribution >= 0.6 is 11.3 Å². The van der Waals surface area contributed by atoms with E-state index in [1.165, 1.54) is 68.9 Å². The zero-order chi connectivity index (χ0) is 19.6. The molecule has 29 heavy (non-hydrogen) atoms. The van der Waals surface area contributed by atoms with Gasteiger partial charge >= 0.3 is 6.09 Å². The Morgan fingerprint density at radius 3 is 2.72 bits per heavy atom. The topological polar surface area (TPSA) is 80.2 Å². The molecule has 0 radical (unpaired) electrons. The summed E-state index contributed by atoms with van der Waals surface area (Å²) in [6, 6.07) is 6.50. The molecule has 3 heterocycles. The number of nitrogens with zero attached hydrogens (tertiary/aromatic N) is 4. The number of piperidine rings is 1. The van der Waals surface area contributed by atoms with Crippen molar-refractivity contribution in [2.24, 2.45) is 0 Å². The number of likely N-dealkylation sites (tertiary alicyclic amines) is 1. The minimum atomic E-state index is -0.563. The van der Waals surface area contributed by atoms with Gasteiger partial charge in [-0.15, -0.1) is 11.3 Å². The Bertz CT molecular complexity index is 997. The Morgan fingerprint density at radius 1 is 1.14 bits per heavy atom. The van der Waals surface area contributed by atoms with Gasteiger partial charge < -0.3 is 9.64 Å². The first-order valence-electron chi connectivity index (χ1n) is 10.1. The number of anilines is 1. The molecule has 3 aromatic rings. The lowest BCUT2D eigenvalue weighted by atomic mass is 9.79. The minimum absolute atomic E-state index is 0.305. The van der Waals surface area contributed by atoms with Gasteiger partial charge in [0.15, 0.2) is 5.75 Å². The van der Waals surface area contributed by atoms with Crippen molar-refractivity contribution in [2.75, 3.05) is 18.4 Å². The number of amides is 1. The number of nitrogens with one attached hydrogen (secondary N) is 1. The van der Waals surface area contributed by atoms with E-state index in [-0.39, 0.29) is 0 Å². The first kappa shape index (κ1) is 18.4. The largest absolute Gasteiger partial charge is 0.417 e. The highest BCUT2D eigenvalue weighted by atomic mass is 32.1. The molecule has 2 aromatic heterocycles. The summed E-state index contributed by atoms with van der Waals surface area (Å²) in [5, 5.41) is 3.97. The van der Waals surface area contributed by atoms with Crippen molar-refractivity contribution in [3.63, 3.8) is 0 Å². The van der Waals surface area contributed by atoms with E-state index in [9.17, 15) is 4.79 Å². The number of thiazole rings is 1. The number of benzene rings is 1. The number of carbonyl (C=O) groups excluding carboxylic acids is 1. The standard InChI is InChI=1S/C21H23N5O2S/c27-21(28-17-11-22-13-23-12-17)24-15-4-5-18-19(10-15)29-20(25-18)14-8-16(9-14)26-6-2-1-3-7-26/h4-5,10-14,16H,1-3,6-9H2,(H,24,27)/t14-,16+. The summed E-state index contributed by atoms with van der Waals surface area (Å²) in [6.07, 6.45) is 10.2. The van der Waals surface area contributed by atoms with Gasteiger partial charge in [0.2, 0.25) is 0 Å². The van der Waals surface area contributed by atoms with E-state index >= 15 is 0 Å². The number of fused-ring (bicyclic) bond motifs is 1. The molecule has 1 saturated heterocycles. The summed E-state index contributed by atoms with van der Waals surface area (Å²) in [7, 11) is 0. The molecular weight excluding hydrogens is 386 g/mol. The number of aromatic nitrogens is 3. The van der Waals surface area contributed by atoms with Crippen LogP contribution in [0.2, 0.25) is 0 Å². The molecule has 0 atom stereocenters. The summed E-state index contributed by atoms with van der Waals surface area (Å²) in [4.78, 5) is 27.2. The maximum atomic E-state index is 12.1. The summed E-state index contributed by atoms with van der Waals surface area (Å²) in [6.45, 7) is 2.52. The Labute approximate surface area is 173 Å². The van der Waals surface area contributed by atoms with Gasteiger partial charge in [0.05, 0.1) is 27.6 Å². The molecule has 0 spiro atoms. The highest BCUT2D eigenvalue weighted by molar-refractivity contribution is 7.18. The van der Waals surface area contributed by atoms with Crippen molar-refractivity contribution in [3.8, 4) is 5.75 Å². The highest BCUT2D eigenvalue weighted by Crippen LogP contribution is 2.43. The van der Waals surface area contributed by atoms with Gasteiger partial charge in [-0.2, -0.15) is 0 Å². The van der Waals surface area contributed by atoms with Crippen LogP contribution in [0, 0.1) is 0 Å². The number of hydrogen-bond acceptors (Lipinski definition) is 7. The van der Waals surface area contributed by atoms with Gasteiger partial charge in [-0.3, -0.25) is 5.32 Å². The highest BCUT2D eigenvalue weighted by Gasteiger charge is 2.36. The second-order valence-corrected chi connectivity index (χ2v) is 8.80. The van der Waals surface area contributed by atoms with Crippen LogP contribution in [0.3, 0.4) is 0 Å². The van der Waals surface area contributed by atoms with E-state index in [4.69, 9.17) is 9.72 Å². The predicted molar refractivity (Wildman–Crippen MR) is 112 cm³/mol. The molecular formula is C21H23N5O2S. The van der Waals surface area contributed by atoms with Crippen molar-refractivity contribution in [1.82, 2.24) is 19.9 Å². The zero-order valence-electron chi connectivity index (χ0n) is 16.1. The molecule has 1 aliphatic carbocycles. The third kappa shape index (κ3) is 4.09. The minimum Gasteiger partial charge on any atom is -0.407 e. The molecule has 0 bridgehead atoms. The predicted octanol–water partition coefficient (Wildman–Crippen LogP) is 4.43. The molecule has 5 rings (SSSR count). The molecule has 8 heteroatoms. The van der Waals surface area contributed by atoms with Crippen LogP contribution in [0.4, 0.5) is 10.5 Å². The van der Waals surface area contributed by atoms with Crippen LogP contribution in [-0.2, 0) is 0 Å². The van der Waals surface area contributed by atoms with E-state index < -0.39 is 6.09 Å². The second kappa shape index (κ2) is 8.04. The normalized spacial score (nSPS) is 22.2. The molecule has 1 aromatic carbocycles. The number of hydrogen-bond donors (Lipinski definition) is 1. The molecule has 1 aliphatic heterocycles. The zero-order valence-corrected chi connectivity index (χ0v) is 16.9. The van der Waals surface area contributed by atoms with E-state index in [1.54, 1.807) is 11.3 Å². The first-order chi connectivity index (χ1) is 14.2. The van der Waals surface area contributed by atoms with Crippen molar-refractivity contribution in [3.05, 3.63) is 41.9 Å². The smallest absolute Gasteiger partial charge is 0.407 e. The van der Waals surface area contributed by atoms with Gasteiger partial charge in [-0.1, -0.05) is 6.42 Å². The van der Waals surface area contributed by atoms with Crippen LogP contribution in [0.25, 0.3) is 10.2 Å². The van der Waals surface area contributed by atoms with Gasteiger partial charge in [-0.25, -0.2) is 19.7 Å². The lowest BCUT2D eigenvalue weighted by molar-refractivity contribution is 0.0888. The fourth-order valence-electron chi connectivity index (χ4n) is 4.15. The molecule has 1 saturated carbocycles. The van der Waals surface area contributed by atoms with Gasteiger partial charge in [0.25, 0.3) is 0 Å². The average Bonchev–Trinajstić information content (AvgIpc) is 3.11. The first-order valence-corrected chi connectivity index (χ1v) is 10.9. The van der Waals surface area contributed by atoms with Crippen molar-refractivity contribution in [2.45, 2.75) is 44.1 Å². The molecule has 2 fully saturated rings. The Balaban J connectivity index is 1.22. The van der Waals surface area contributed by atoms with Gasteiger partial charge in [0, 0.05) is 17.6 Å². The molecule has 1 amide bonds. The van der Waals surface area contributed by atoms with Crippen LogP contribution in [0.15, 0.2) is 36.9 Å². The SMILES string of the molecule is O=C(Nc1ccc2nc([C@H]3C[C@@H](N4CCCCC4)C3)sc2c1)Oc1cncnc1. The van der Waals surface area contributed by atoms with E-state index in [0.717, 1.165) is 16.3 Å². The number of rotatable bonds is 4. The molecule has 7 nitrogen and oxygen atoms in total. The van der Waals surface area contributed by atoms with E-state index in [2.05, 4.69) is 20.2 Å². The quantitative estimate of drug-likeness (QED) is 0.687. The Hall–Kier alpha value is -2.58. The van der Waals surface area contributed by atoms with Crippen LogP contribution in [0.1, 0.15) is 43.0 Å². The molecule has 0 unspecified atom stereocenters. The summed E-state index contributed by atoms with van der Waals surface area (Å²) in [5.74, 6) is 0.873. The van der Waals surface area contributed by atoms with Crippen molar-refractivity contribution >= 4 is 33.3 Å². The van der Waals surface area contributed by atoms with Crippen LogP contribution < -0.4 is 10.1 Å². The van der Waals surface area contributed by atoms with E-state index in [1.807, 2.05) is 18.2 Å². The molecule has 2 aliphatic rings. The van der Waals surface area contributed by atoms with Crippen LogP contribution in [-0.4, -0.2) is 45.1 Å². The van der Waals surface area contributed by atoms with Crippen LogP contribution in [0.5, 0.6) is 5.75 Å². The fraction of sp³-hybridized carbons (Fsp3) is 0.429. The summed E-state index contributed by atoms with van der Waals surface area (Å²) in [5.41, 5.74) is 1.68. The lowest BCUT2D eigenvalue weighted by Gasteiger charge is -2.43. The third-order valence-corrected chi connectivity index (χ3v) is 6.95. The monoisotopic (exact) mass is 409 g/mol. The Kier molecular flexibility index (Phi) is 5.12. The molecule has 150 valence electrons. The fourth-order valence-corrected chi connectivity index (χ4v) is 5.29. The maximum Gasteiger partial charge on any atom is 0.417 e. The third-order valence-electron chi connectivity index (χ3n) is 5.77. The van der Waals surface area contributed by atoms with Gasteiger partial charge in [-0.05, 0) is 57.0 Å².